The van der Waals surface area contributed by atoms with Crippen LogP contribution in [0.3, 0.4) is 0 Å². The Balaban J connectivity index is 2.06. The highest BCUT2D eigenvalue weighted by atomic mass is 16.1. The maximum Gasteiger partial charge on any atom is 0.233 e. The minimum Gasteiger partial charge on any atom is -0.355 e. The van der Waals surface area contributed by atoms with Crippen molar-refractivity contribution in [2.24, 2.45) is 13.0 Å². The number of carbonyl (C=O) groups excluding carboxylic acids is 1. The molecule has 1 heterocycles. The van der Waals surface area contributed by atoms with E-state index in [2.05, 4.69) is 34.6 Å². The Morgan fingerprint density at radius 1 is 1.53 bits per heavy atom. The molecule has 0 radical (unpaired) electrons. The van der Waals surface area contributed by atoms with Gasteiger partial charge in [0.25, 0.3) is 0 Å². The van der Waals surface area contributed by atoms with Crippen molar-refractivity contribution in [3.05, 3.63) is 12.2 Å². The summed E-state index contributed by atoms with van der Waals surface area (Å²) in [4.78, 5) is 15.5. The summed E-state index contributed by atoms with van der Waals surface area (Å²) in [6, 6.07) is 0. The summed E-state index contributed by atoms with van der Waals surface area (Å²) in [7, 11) is 1.84. The second kappa shape index (κ2) is 7.01. The number of nitrogens with zero attached hydrogens (tertiary/aromatic N) is 3. The van der Waals surface area contributed by atoms with Gasteiger partial charge in [-0.25, -0.2) is 4.98 Å². The first kappa shape index (κ1) is 13.6. The molecule has 1 aromatic rings. The molecule has 1 amide bonds. The molecule has 0 unspecified atom stereocenters. The predicted octanol–water partition coefficient (Wildman–Crippen LogP) is -0.281. The van der Waals surface area contributed by atoms with Crippen LogP contribution in [0.4, 0.5) is 0 Å². The highest BCUT2D eigenvalue weighted by Crippen LogP contribution is 1.88. The van der Waals surface area contributed by atoms with E-state index in [1.165, 1.54) is 0 Å². The molecule has 0 aliphatic carbocycles. The van der Waals surface area contributed by atoms with E-state index in [4.69, 9.17) is 0 Å². The fourth-order valence-electron chi connectivity index (χ4n) is 1.28. The molecule has 0 saturated carbocycles. The minimum absolute atomic E-state index is 0.0349. The van der Waals surface area contributed by atoms with Gasteiger partial charge in [0.05, 0.1) is 6.54 Å². The van der Waals surface area contributed by atoms with Gasteiger partial charge in [-0.05, 0) is 5.92 Å². The molecule has 0 bridgehead atoms. The van der Waals surface area contributed by atoms with Crippen molar-refractivity contribution >= 4 is 5.91 Å². The van der Waals surface area contributed by atoms with Gasteiger partial charge in [-0.15, -0.1) is 0 Å². The van der Waals surface area contributed by atoms with Gasteiger partial charge in [0.2, 0.25) is 5.91 Å². The highest BCUT2D eigenvalue weighted by Gasteiger charge is 2.02. The van der Waals surface area contributed by atoms with Gasteiger partial charge in [-0.2, -0.15) is 5.10 Å². The first-order valence-corrected chi connectivity index (χ1v) is 5.90. The van der Waals surface area contributed by atoms with Gasteiger partial charge in [0.1, 0.15) is 6.33 Å². The number of nitrogens with one attached hydrogen (secondary N) is 2. The summed E-state index contributed by atoms with van der Waals surface area (Å²) in [5.41, 5.74) is 0. The van der Waals surface area contributed by atoms with Crippen LogP contribution in [0.25, 0.3) is 0 Å². The topological polar surface area (TPSA) is 71.8 Å². The van der Waals surface area contributed by atoms with Gasteiger partial charge in [-0.3, -0.25) is 9.48 Å². The molecule has 1 rings (SSSR count). The fraction of sp³-hybridized carbons (Fsp3) is 0.727. The largest absolute Gasteiger partial charge is 0.355 e. The third-order valence-electron chi connectivity index (χ3n) is 2.17. The molecule has 0 atom stereocenters. The third-order valence-corrected chi connectivity index (χ3v) is 2.17. The smallest absolute Gasteiger partial charge is 0.233 e. The molecule has 2 N–H and O–H groups in total. The summed E-state index contributed by atoms with van der Waals surface area (Å²) in [6.07, 6.45) is 2.41. The van der Waals surface area contributed by atoms with E-state index < -0.39 is 0 Å². The average Bonchev–Trinajstić information content (AvgIpc) is 2.68. The second-order valence-corrected chi connectivity index (χ2v) is 4.46. The first-order valence-electron chi connectivity index (χ1n) is 5.90. The number of amides is 1. The molecule has 1 aromatic heterocycles. The van der Waals surface area contributed by atoms with Crippen LogP contribution in [0, 0.1) is 5.92 Å². The lowest BCUT2D eigenvalue weighted by Crippen LogP contribution is -2.36. The number of carbonyl (C=O) groups is 1. The number of aromatic nitrogens is 3. The zero-order valence-electron chi connectivity index (χ0n) is 10.7. The lowest BCUT2D eigenvalue weighted by atomic mass is 10.2. The molecule has 0 aliphatic rings. The van der Waals surface area contributed by atoms with E-state index in [-0.39, 0.29) is 5.91 Å². The Morgan fingerprint density at radius 3 is 2.88 bits per heavy atom. The Bertz CT molecular complexity index is 347. The van der Waals surface area contributed by atoms with Gasteiger partial charge >= 0.3 is 0 Å². The summed E-state index contributed by atoms with van der Waals surface area (Å²) in [6.45, 7) is 5.92. The molecule has 0 spiro atoms. The Hall–Kier alpha value is -1.43. The molecule has 0 fully saturated rings. The SMILES string of the molecule is CC(C)CNC(=O)CNCCc1ncn(C)n1. The van der Waals surface area contributed by atoms with Crippen LogP contribution in [0.15, 0.2) is 6.33 Å². The van der Waals surface area contributed by atoms with E-state index in [1.54, 1.807) is 11.0 Å². The average molecular weight is 239 g/mol. The maximum atomic E-state index is 11.4. The number of hydrogen-bond acceptors (Lipinski definition) is 4. The Kier molecular flexibility index (Phi) is 5.62. The summed E-state index contributed by atoms with van der Waals surface area (Å²) < 4.78 is 1.67. The molecule has 0 aromatic carbocycles. The summed E-state index contributed by atoms with van der Waals surface area (Å²) in [5, 5.41) is 10.1. The van der Waals surface area contributed by atoms with Crippen LogP contribution in [0.1, 0.15) is 19.7 Å². The molecule has 17 heavy (non-hydrogen) atoms. The first-order chi connectivity index (χ1) is 8.08. The lowest BCUT2D eigenvalue weighted by molar-refractivity contribution is -0.120. The summed E-state index contributed by atoms with van der Waals surface area (Å²) in [5.74, 6) is 1.31. The molecular weight excluding hydrogens is 218 g/mol. The monoisotopic (exact) mass is 239 g/mol. The molecule has 0 aliphatic heterocycles. The molecule has 0 saturated heterocycles. The van der Waals surface area contributed by atoms with Crippen LogP contribution >= 0.6 is 0 Å². The van der Waals surface area contributed by atoms with Crippen LogP contribution in [-0.4, -0.2) is 40.3 Å². The van der Waals surface area contributed by atoms with Crippen LogP contribution in [0.2, 0.25) is 0 Å². The van der Waals surface area contributed by atoms with E-state index in [9.17, 15) is 4.79 Å². The van der Waals surface area contributed by atoms with E-state index in [1.807, 2.05) is 7.05 Å². The molecular formula is C11H21N5O. The number of aryl methyl sites for hydroxylation is 1. The van der Waals surface area contributed by atoms with Crippen molar-refractivity contribution in [1.82, 2.24) is 25.4 Å². The Morgan fingerprint density at radius 2 is 2.29 bits per heavy atom. The molecule has 96 valence electrons. The molecule has 6 nitrogen and oxygen atoms in total. The van der Waals surface area contributed by atoms with Crippen LogP contribution in [-0.2, 0) is 18.3 Å². The quantitative estimate of drug-likeness (QED) is 0.642. The van der Waals surface area contributed by atoms with Gasteiger partial charge < -0.3 is 10.6 Å². The normalized spacial score (nSPS) is 10.8. The van der Waals surface area contributed by atoms with Gasteiger partial charge in [-0.1, -0.05) is 13.8 Å². The van der Waals surface area contributed by atoms with E-state index >= 15 is 0 Å². The van der Waals surface area contributed by atoms with Crippen molar-refractivity contribution in [1.29, 1.82) is 0 Å². The fourth-order valence-corrected chi connectivity index (χ4v) is 1.28. The van der Waals surface area contributed by atoms with Gasteiger partial charge in [0.15, 0.2) is 5.82 Å². The zero-order chi connectivity index (χ0) is 12.7. The summed E-state index contributed by atoms with van der Waals surface area (Å²) >= 11 is 0. The number of rotatable bonds is 7. The zero-order valence-corrected chi connectivity index (χ0v) is 10.7. The number of hydrogen-bond donors (Lipinski definition) is 2. The lowest BCUT2D eigenvalue weighted by Gasteiger charge is -2.07. The predicted molar refractivity (Wildman–Crippen MR) is 65.4 cm³/mol. The highest BCUT2D eigenvalue weighted by molar-refractivity contribution is 5.77. The van der Waals surface area contributed by atoms with Crippen LogP contribution < -0.4 is 10.6 Å². The van der Waals surface area contributed by atoms with Crippen molar-refractivity contribution in [3.8, 4) is 0 Å². The van der Waals surface area contributed by atoms with Crippen molar-refractivity contribution in [3.63, 3.8) is 0 Å². The van der Waals surface area contributed by atoms with E-state index in [0.29, 0.717) is 19.0 Å². The Labute approximate surface area is 102 Å². The van der Waals surface area contributed by atoms with Gasteiger partial charge in [0, 0.05) is 26.6 Å². The minimum atomic E-state index is 0.0349. The van der Waals surface area contributed by atoms with Crippen LogP contribution in [0.5, 0.6) is 0 Å². The van der Waals surface area contributed by atoms with Crippen molar-refractivity contribution in [2.45, 2.75) is 20.3 Å². The molecule has 6 heteroatoms. The maximum absolute atomic E-state index is 11.4. The van der Waals surface area contributed by atoms with E-state index in [0.717, 1.165) is 18.8 Å². The standard InChI is InChI=1S/C11H21N5O/c1-9(2)6-13-11(17)7-12-5-4-10-14-8-16(3)15-10/h8-9,12H,4-7H2,1-3H3,(H,13,17). The third kappa shape index (κ3) is 6.01. The van der Waals surface area contributed by atoms with Crippen molar-refractivity contribution in [2.75, 3.05) is 19.6 Å². The van der Waals surface area contributed by atoms with Crippen molar-refractivity contribution < 1.29 is 4.79 Å². The second-order valence-electron chi connectivity index (χ2n) is 4.46.